The van der Waals surface area contributed by atoms with E-state index in [1.165, 1.54) is 25.7 Å². The maximum absolute atomic E-state index is 12.4. The van der Waals surface area contributed by atoms with E-state index in [1.54, 1.807) is 0 Å². The molecule has 1 aromatic carbocycles. The second kappa shape index (κ2) is 9.26. The van der Waals surface area contributed by atoms with Crippen LogP contribution in [0.15, 0.2) is 24.3 Å². The van der Waals surface area contributed by atoms with E-state index in [2.05, 4.69) is 33.0 Å². The molecule has 1 fully saturated rings. The average Bonchev–Trinajstić information content (AvgIpc) is 2.59. The van der Waals surface area contributed by atoms with E-state index < -0.39 is 0 Å². The van der Waals surface area contributed by atoms with Gasteiger partial charge in [0.1, 0.15) is 5.75 Å². The topological polar surface area (TPSA) is 38.3 Å². The quantitative estimate of drug-likeness (QED) is 0.654. The monoisotopic (exact) mass is 345 g/mol. The molecule has 0 atom stereocenters. The zero-order valence-corrected chi connectivity index (χ0v) is 16.4. The van der Waals surface area contributed by atoms with E-state index in [-0.39, 0.29) is 5.91 Å². The molecule has 3 heteroatoms. The lowest BCUT2D eigenvalue weighted by Crippen LogP contribution is -2.39. The summed E-state index contributed by atoms with van der Waals surface area (Å²) in [6.45, 7) is 9.90. The van der Waals surface area contributed by atoms with Gasteiger partial charge < -0.3 is 10.1 Å². The molecule has 0 bridgehead atoms. The number of ether oxygens (including phenoxy) is 1. The first kappa shape index (κ1) is 19.8. The number of hydrogen-bond acceptors (Lipinski definition) is 2. The Balaban J connectivity index is 1.77. The van der Waals surface area contributed by atoms with Crippen LogP contribution in [0.1, 0.15) is 83.0 Å². The van der Waals surface area contributed by atoms with Crippen molar-refractivity contribution >= 4 is 5.91 Å². The zero-order valence-electron chi connectivity index (χ0n) is 16.4. The van der Waals surface area contributed by atoms with Gasteiger partial charge in [-0.25, -0.2) is 0 Å². The molecule has 3 nitrogen and oxygen atoms in total. The molecule has 1 aromatic rings. The zero-order chi connectivity index (χ0) is 18.3. The molecule has 1 N–H and O–H groups in total. The summed E-state index contributed by atoms with van der Waals surface area (Å²) < 4.78 is 5.70. The first-order valence-electron chi connectivity index (χ1n) is 9.94. The van der Waals surface area contributed by atoms with E-state index in [0.717, 1.165) is 43.1 Å². The first-order chi connectivity index (χ1) is 11.9. The lowest BCUT2D eigenvalue weighted by Gasteiger charge is -2.37. The Kier molecular flexibility index (Phi) is 7.34. The van der Waals surface area contributed by atoms with Gasteiger partial charge in [-0.2, -0.15) is 0 Å². The average molecular weight is 346 g/mol. The molecule has 0 radical (unpaired) electrons. The predicted molar refractivity (Wildman–Crippen MR) is 104 cm³/mol. The molecular weight excluding hydrogens is 310 g/mol. The van der Waals surface area contributed by atoms with E-state index in [9.17, 15) is 4.79 Å². The summed E-state index contributed by atoms with van der Waals surface area (Å²) in [7, 11) is 0. The van der Waals surface area contributed by atoms with Gasteiger partial charge in [-0.15, -0.1) is 0 Å². The number of rotatable bonds is 7. The molecule has 25 heavy (non-hydrogen) atoms. The van der Waals surface area contributed by atoms with Gasteiger partial charge in [0.25, 0.3) is 5.91 Å². The maximum atomic E-state index is 12.4. The van der Waals surface area contributed by atoms with Gasteiger partial charge >= 0.3 is 0 Å². The van der Waals surface area contributed by atoms with Gasteiger partial charge in [-0.3, -0.25) is 4.79 Å². The summed E-state index contributed by atoms with van der Waals surface area (Å²) in [6, 6.07) is 7.85. The highest BCUT2D eigenvalue weighted by molar-refractivity contribution is 5.94. The molecule has 0 unspecified atom stereocenters. The van der Waals surface area contributed by atoms with Crippen LogP contribution in [0.3, 0.4) is 0 Å². The van der Waals surface area contributed by atoms with Gasteiger partial charge in [-0.05, 0) is 67.7 Å². The second-order valence-corrected chi connectivity index (χ2v) is 8.47. The number of benzene rings is 1. The molecule has 1 aliphatic carbocycles. The van der Waals surface area contributed by atoms with E-state index in [1.807, 2.05) is 24.3 Å². The van der Waals surface area contributed by atoms with Crippen LogP contribution in [0.2, 0.25) is 0 Å². The van der Waals surface area contributed by atoms with E-state index >= 15 is 0 Å². The van der Waals surface area contributed by atoms with Crippen molar-refractivity contribution in [2.24, 2.45) is 11.3 Å². The molecule has 0 spiro atoms. The minimum atomic E-state index is 0.0386. The van der Waals surface area contributed by atoms with Crippen LogP contribution in [-0.4, -0.2) is 18.6 Å². The van der Waals surface area contributed by atoms with E-state index in [0.29, 0.717) is 11.5 Å². The van der Waals surface area contributed by atoms with Crippen LogP contribution >= 0.6 is 0 Å². The van der Waals surface area contributed by atoms with E-state index in [4.69, 9.17) is 4.74 Å². The van der Waals surface area contributed by atoms with Crippen LogP contribution in [0, 0.1) is 11.3 Å². The van der Waals surface area contributed by atoms with Gasteiger partial charge in [0.2, 0.25) is 0 Å². The summed E-state index contributed by atoms with van der Waals surface area (Å²) in [5.74, 6) is 1.65. The number of hydrogen-bond donors (Lipinski definition) is 1. The minimum Gasteiger partial charge on any atom is -0.494 e. The molecule has 2 rings (SSSR count). The van der Waals surface area contributed by atoms with Crippen molar-refractivity contribution in [2.45, 2.75) is 78.7 Å². The van der Waals surface area contributed by atoms with Crippen molar-refractivity contribution in [2.75, 3.05) is 6.61 Å². The molecule has 0 heterocycles. The third kappa shape index (κ3) is 6.37. The summed E-state index contributed by atoms with van der Waals surface area (Å²) in [5, 5.41) is 3.21. The summed E-state index contributed by atoms with van der Waals surface area (Å²) in [4.78, 5) is 12.4. The summed E-state index contributed by atoms with van der Waals surface area (Å²) >= 11 is 0. The molecule has 1 amide bonds. The summed E-state index contributed by atoms with van der Waals surface area (Å²) in [6.07, 6.45) is 8.06. The van der Waals surface area contributed by atoms with Crippen LogP contribution in [0.25, 0.3) is 0 Å². The molecule has 1 saturated carbocycles. The Morgan fingerprint density at radius 2 is 1.72 bits per heavy atom. The van der Waals surface area contributed by atoms with Crippen LogP contribution in [0.4, 0.5) is 0 Å². The minimum absolute atomic E-state index is 0.0386. The fourth-order valence-electron chi connectivity index (χ4n) is 3.62. The van der Waals surface area contributed by atoms with Crippen molar-refractivity contribution in [3.05, 3.63) is 29.8 Å². The Morgan fingerprint density at radius 1 is 1.08 bits per heavy atom. The molecule has 0 aliphatic heterocycles. The fourth-order valence-corrected chi connectivity index (χ4v) is 3.62. The predicted octanol–water partition coefficient (Wildman–Crippen LogP) is 5.59. The van der Waals surface area contributed by atoms with Crippen LogP contribution in [-0.2, 0) is 0 Å². The van der Waals surface area contributed by atoms with Crippen molar-refractivity contribution < 1.29 is 9.53 Å². The highest BCUT2D eigenvalue weighted by Crippen LogP contribution is 2.37. The lowest BCUT2D eigenvalue weighted by atomic mass is 9.71. The Morgan fingerprint density at radius 3 is 2.28 bits per heavy atom. The van der Waals surface area contributed by atoms with Crippen molar-refractivity contribution in [3.8, 4) is 5.75 Å². The number of carbonyl (C=O) groups excluding carboxylic acids is 1. The standard InChI is InChI=1S/C22H35NO2/c1-5-6-7-16-25-20-14-8-17(9-15-20)21(24)23-19-12-10-18(11-13-19)22(2,3)4/h8-9,14-15,18-19H,5-7,10-13,16H2,1-4H3,(H,23,24). The van der Waals surface area contributed by atoms with Gasteiger partial charge in [0.05, 0.1) is 6.61 Å². The third-order valence-corrected chi connectivity index (χ3v) is 5.42. The third-order valence-electron chi connectivity index (χ3n) is 5.42. The summed E-state index contributed by atoms with van der Waals surface area (Å²) in [5.41, 5.74) is 1.10. The first-order valence-corrected chi connectivity index (χ1v) is 9.94. The van der Waals surface area contributed by atoms with Crippen molar-refractivity contribution in [3.63, 3.8) is 0 Å². The van der Waals surface area contributed by atoms with Crippen molar-refractivity contribution in [1.29, 1.82) is 0 Å². The number of amides is 1. The molecular formula is C22H35NO2. The van der Waals surface area contributed by atoms with Gasteiger partial charge in [-0.1, -0.05) is 40.5 Å². The molecule has 0 aromatic heterocycles. The van der Waals surface area contributed by atoms with Crippen LogP contribution in [0.5, 0.6) is 5.75 Å². The SMILES string of the molecule is CCCCCOc1ccc(C(=O)NC2CCC(C(C)(C)C)CC2)cc1. The highest BCUT2D eigenvalue weighted by atomic mass is 16.5. The highest BCUT2D eigenvalue weighted by Gasteiger charge is 2.30. The number of carbonyl (C=O) groups is 1. The maximum Gasteiger partial charge on any atom is 0.251 e. The van der Waals surface area contributed by atoms with Gasteiger partial charge in [0.15, 0.2) is 0 Å². The number of unbranched alkanes of at least 4 members (excludes halogenated alkanes) is 2. The van der Waals surface area contributed by atoms with Crippen LogP contribution < -0.4 is 10.1 Å². The molecule has 0 saturated heterocycles. The smallest absolute Gasteiger partial charge is 0.251 e. The Hall–Kier alpha value is -1.51. The Bertz CT molecular complexity index is 522. The van der Waals surface area contributed by atoms with Gasteiger partial charge in [0, 0.05) is 11.6 Å². The molecule has 140 valence electrons. The van der Waals surface area contributed by atoms with Crippen molar-refractivity contribution in [1.82, 2.24) is 5.32 Å². The fraction of sp³-hybridized carbons (Fsp3) is 0.682. The largest absolute Gasteiger partial charge is 0.494 e. The molecule has 1 aliphatic rings. The number of nitrogens with one attached hydrogen (secondary N) is 1. The Labute approximate surface area is 153 Å². The second-order valence-electron chi connectivity index (χ2n) is 8.47. The normalized spacial score (nSPS) is 21.0. The lowest BCUT2D eigenvalue weighted by molar-refractivity contribution is 0.0904.